The first-order valence-corrected chi connectivity index (χ1v) is 4.17. The largest absolute Gasteiger partial charge is 0.387 e. The quantitative estimate of drug-likeness (QED) is 0.736. The monoisotopic (exact) mass is 185 g/mol. The van der Waals surface area contributed by atoms with Gasteiger partial charge in [0, 0.05) is 17.1 Å². The van der Waals surface area contributed by atoms with Crippen molar-refractivity contribution in [3.05, 3.63) is 34.3 Å². The molecule has 1 aromatic rings. The number of rotatable bonds is 2. The average molecular weight is 186 g/mol. The van der Waals surface area contributed by atoms with Crippen LogP contribution in [-0.4, -0.2) is 11.7 Å². The normalized spacial score (nSPS) is 13.0. The molecule has 3 heteroatoms. The van der Waals surface area contributed by atoms with Crippen LogP contribution in [0.3, 0.4) is 0 Å². The Bertz CT molecular complexity index is 275. The highest BCUT2D eigenvalue weighted by Crippen LogP contribution is 2.25. The van der Waals surface area contributed by atoms with E-state index in [4.69, 9.17) is 17.3 Å². The molecule has 1 aromatic carbocycles. The lowest BCUT2D eigenvalue weighted by molar-refractivity contribution is 0.187. The van der Waals surface area contributed by atoms with Crippen molar-refractivity contribution in [2.75, 3.05) is 6.54 Å². The van der Waals surface area contributed by atoms with Gasteiger partial charge in [-0.15, -0.1) is 0 Å². The van der Waals surface area contributed by atoms with Gasteiger partial charge in [-0.3, -0.25) is 0 Å². The highest BCUT2D eigenvalue weighted by Gasteiger charge is 2.09. The average Bonchev–Trinajstić information content (AvgIpc) is 2.08. The van der Waals surface area contributed by atoms with Gasteiger partial charge in [0.15, 0.2) is 0 Å². The van der Waals surface area contributed by atoms with Crippen molar-refractivity contribution in [3.63, 3.8) is 0 Å². The minimum absolute atomic E-state index is 0.198. The van der Waals surface area contributed by atoms with Crippen LogP contribution < -0.4 is 5.73 Å². The third kappa shape index (κ3) is 1.78. The molecule has 0 saturated heterocycles. The summed E-state index contributed by atoms with van der Waals surface area (Å²) in [6.45, 7) is 2.10. The van der Waals surface area contributed by atoms with Gasteiger partial charge >= 0.3 is 0 Å². The zero-order chi connectivity index (χ0) is 9.14. The van der Waals surface area contributed by atoms with Crippen LogP contribution in [0.2, 0.25) is 5.02 Å². The van der Waals surface area contributed by atoms with Gasteiger partial charge in [-0.2, -0.15) is 0 Å². The summed E-state index contributed by atoms with van der Waals surface area (Å²) in [5.41, 5.74) is 6.98. The molecule has 0 saturated carbocycles. The first kappa shape index (κ1) is 9.52. The predicted octanol–water partition coefficient (Wildman–Crippen LogP) is 1.64. The molecular weight excluding hydrogens is 174 g/mol. The lowest BCUT2D eigenvalue weighted by Crippen LogP contribution is -2.12. The SMILES string of the molecule is Cc1cccc(C(O)CN)c1Cl. The minimum Gasteiger partial charge on any atom is -0.387 e. The van der Waals surface area contributed by atoms with E-state index in [9.17, 15) is 5.11 Å². The van der Waals surface area contributed by atoms with Crippen molar-refractivity contribution in [2.45, 2.75) is 13.0 Å². The van der Waals surface area contributed by atoms with E-state index in [0.717, 1.165) is 5.56 Å². The van der Waals surface area contributed by atoms with E-state index < -0.39 is 6.10 Å². The molecule has 0 aliphatic carbocycles. The van der Waals surface area contributed by atoms with Crippen molar-refractivity contribution < 1.29 is 5.11 Å². The first-order valence-electron chi connectivity index (χ1n) is 3.80. The molecule has 12 heavy (non-hydrogen) atoms. The van der Waals surface area contributed by atoms with E-state index in [1.54, 1.807) is 6.07 Å². The second-order valence-corrected chi connectivity index (χ2v) is 3.11. The van der Waals surface area contributed by atoms with Crippen molar-refractivity contribution >= 4 is 11.6 Å². The van der Waals surface area contributed by atoms with Crippen molar-refractivity contribution in [2.24, 2.45) is 5.73 Å². The van der Waals surface area contributed by atoms with Crippen molar-refractivity contribution in [3.8, 4) is 0 Å². The fourth-order valence-corrected chi connectivity index (χ4v) is 1.31. The summed E-state index contributed by atoms with van der Waals surface area (Å²) < 4.78 is 0. The standard InChI is InChI=1S/C9H12ClNO/c1-6-3-2-4-7(9(6)10)8(12)5-11/h2-4,8,12H,5,11H2,1H3. The minimum atomic E-state index is -0.655. The van der Waals surface area contributed by atoms with Gasteiger partial charge in [0.2, 0.25) is 0 Å². The molecule has 0 aliphatic heterocycles. The van der Waals surface area contributed by atoms with E-state index in [0.29, 0.717) is 10.6 Å². The van der Waals surface area contributed by atoms with E-state index >= 15 is 0 Å². The molecule has 1 unspecified atom stereocenters. The first-order chi connectivity index (χ1) is 5.66. The summed E-state index contributed by atoms with van der Waals surface area (Å²) in [4.78, 5) is 0. The number of aliphatic hydroxyl groups is 1. The number of benzene rings is 1. The molecule has 0 fully saturated rings. The Morgan fingerprint density at radius 2 is 2.25 bits per heavy atom. The molecular formula is C9H12ClNO. The highest BCUT2D eigenvalue weighted by molar-refractivity contribution is 6.32. The second kappa shape index (κ2) is 3.90. The molecule has 2 nitrogen and oxygen atoms in total. The Labute approximate surface area is 77.0 Å². The van der Waals surface area contributed by atoms with Crippen LogP contribution in [-0.2, 0) is 0 Å². The van der Waals surface area contributed by atoms with Crippen LogP contribution in [0.5, 0.6) is 0 Å². The lowest BCUT2D eigenvalue weighted by atomic mass is 10.1. The molecule has 0 spiro atoms. The Kier molecular flexibility index (Phi) is 3.09. The molecule has 0 amide bonds. The lowest BCUT2D eigenvalue weighted by Gasteiger charge is -2.11. The van der Waals surface area contributed by atoms with Crippen LogP contribution >= 0.6 is 11.6 Å². The fraction of sp³-hybridized carbons (Fsp3) is 0.333. The summed E-state index contributed by atoms with van der Waals surface area (Å²) in [5, 5.41) is 10.0. The molecule has 0 aromatic heterocycles. The number of hydrogen-bond donors (Lipinski definition) is 2. The molecule has 0 radical (unpaired) electrons. The number of halogens is 1. The summed E-state index contributed by atoms with van der Waals surface area (Å²) in [6, 6.07) is 5.54. The Morgan fingerprint density at radius 3 is 2.83 bits per heavy atom. The van der Waals surface area contributed by atoms with Crippen LogP contribution in [0, 0.1) is 6.92 Å². The molecule has 1 rings (SSSR count). The Hall–Kier alpha value is -0.570. The van der Waals surface area contributed by atoms with Gasteiger partial charge in [0.1, 0.15) is 0 Å². The Morgan fingerprint density at radius 1 is 1.58 bits per heavy atom. The number of hydrogen-bond acceptors (Lipinski definition) is 2. The van der Waals surface area contributed by atoms with Crippen LogP contribution in [0.15, 0.2) is 18.2 Å². The maximum Gasteiger partial charge on any atom is 0.0926 e. The molecule has 3 N–H and O–H groups in total. The molecule has 66 valence electrons. The molecule has 1 atom stereocenters. The van der Waals surface area contributed by atoms with E-state index in [1.807, 2.05) is 19.1 Å². The van der Waals surface area contributed by atoms with Gasteiger partial charge in [-0.05, 0) is 12.5 Å². The van der Waals surface area contributed by atoms with Crippen LogP contribution in [0.25, 0.3) is 0 Å². The maximum atomic E-state index is 9.43. The highest BCUT2D eigenvalue weighted by atomic mass is 35.5. The summed E-state index contributed by atoms with van der Waals surface area (Å²) in [7, 11) is 0. The Balaban J connectivity index is 3.07. The number of aliphatic hydroxyl groups excluding tert-OH is 1. The van der Waals surface area contributed by atoms with Gasteiger partial charge < -0.3 is 10.8 Å². The van der Waals surface area contributed by atoms with E-state index in [-0.39, 0.29) is 6.54 Å². The second-order valence-electron chi connectivity index (χ2n) is 2.73. The maximum absolute atomic E-state index is 9.43. The summed E-state index contributed by atoms with van der Waals surface area (Å²) in [5.74, 6) is 0. The zero-order valence-corrected chi connectivity index (χ0v) is 7.67. The van der Waals surface area contributed by atoms with Crippen molar-refractivity contribution in [1.82, 2.24) is 0 Å². The molecule has 0 bridgehead atoms. The summed E-state index contributed by atoms with van der Waals surface area (Å²) >= 11 is 5.95. The van der Waals surface area contributed by atoms with Gasteiger partial charge in [0.05, 0.1) is 6.10 Å². The van der Waals surface area contributed by atoms with Gasteiger partial charge in [0.25, 0.3) is 0 Å². The topological polar surface area (TPSA) is 46.2 Å². The van der Waals surface area contributed by atoms with E-state index in [2.05, 4.69) is 0 Å². The molecule has 0 heterocycles. The third-order valence-corrected chi connectivity index (χ3v) is 2.32. The third-order valence-electron chi connectivity index (χ3n) is 1.80. The predicted molar refractivity (Wildman–Crippen MR) is 50.2 cm³/mol. The summed E-state index contributed by atoms with van der Waals surface area (Å²) in [6.07, 6.45) is -0.655. The molecule has 0 aliphatic rings. The van der Waals surface area contributed by atoms with Crippen LogP contribution in [0.1, 0.15) is 17.2 Å². The van der Waals surface area contributed by atoms with Gasteiger partial charge in [-0.1, -0.05) is 29.8 Å². The van der Waals surface area contributed by atoms with E-state index in [1.165, 1.54) is 0 Å². The zero-order valence-electron chi connectivity index (χ0n) is 6.92. The van der Waals surface area contributed by atoms with Crippen LogP contribution in [0.4, 0.5) is 0 Å². The fourth-order valence-electron chi connectivity index (χ4n) is 1.05. The smallest absolute Gasteiger partial charge is 0.0926 e. The number of aryl methyl sites for hydroxylation is 1. The number of nitrogens with two attached hydrogens (primary N) is 1. The van der Waals surface area contributed by atoms with Crippen molar-refractivity contribution in [1.29, 1.82) is 0 Å². The van der Waals surface area contributed by atoms with Gasteiger partial charge in [-0.25, -0.2) is 0 Å².